The summed E-state index contributed by atoms with van der Waals surface area (Å²) in [5.74, 6) is -1.18. The number of rotatable bonds is 7. The summed E-state index contributed by atoms with van der Waals surface area (Å²) >= 11 is 6.21. The molecule has 1 aliphatic rings. The number of Topliss-reactive ketones (excluding diaryl/α,β-unsaturated/α-hetero) is 1. The number of carbonyl (C=O) groups is 2. The number of halogens is 1. The number of aliphatic hydroxyl groups is 1. The summed E-state index contributed by atoms with van der Waals surface area (Å²) in [7, 11) is 0. The van der Waals surface area contributed by atoms with Crippen LogP contribution in [-0.4, -0.2) is 27.0 Å². The number of carbonyl (C=O) groups excluding carboxylic acids is 2. The quantitative estimate of drug-likeness (QED) is 0.120. The van der Waals surface area contributed by atoms with Crippen LogP contribution in [0.4, 0.5) is 5.13 Å². The molecular weight excluding hydrogens is 586 g/mol. The number of ketones is 1. The van der Waals surface area contributed by atoms with E-state index >= 15 is 0 Å². The Kier molecular flexibility index (Phi) is 6.61. The molecule has 2 aromatic heterocycles. The van der Waals surface area contributed by atoms with Gasteiger partial charge in [0.25, 0.3) is 5.91 Å². The second-order valence-electron chi connectivity index (χ2n) is 8.50. The topological polar surface area (TPSA) is 96.5 Å². The van der Waals surface area contributed by atoms with E-state index < -0.39 is 23.5 Å². The molecule has 7 nitrogen and oxygen atoms in total. The molecule has 0 saturated carbocycles. The molecule has 188 valence electrons. The fourth-order valence-corrected chi connectivity index (χ4v) is 6.57. The molecule has 10 heteroatoms. The van der Waals surface area contributed by atoms with Crippen molar-refractivity contribution >= 4 is 66.8 Å². The third-order valence-corrected chi connectivity index (χ3v) is 8.69. The molecule has 0 aliphatic carbocycles. The van der Waals surface area contributed by atoms with Crippen LogP contribution in [0.2, 0.25) is 0 Å². The van der Waals surface area contributed by atoms with Crippen molar-refractivity contribution in [3.05, 3.63) is 118 Å². The lowest BCUT2D eigenvalue weighted by molar-refractivity contribution is -0.117. The van der Waals surface area contributed by atoms with Gasteiger partial charge in [0, 0.05) is 15.6 Å². The Bertz CT molecular complexity index is 1680. The van der Waals surface area contributed by atoms with Gasteiger partial charge in [0.15, 0.2) is 15.9 Å². The number of hydrogen-bond acceptors (Lipinski definition) is 8. The van der Waals surface area contributed by atoms with Crippen LogP contribution >= 0.6 is 39.0 Å². The molecule has 3 heterocycles. The van der Waals surface area contributed by atoms with Gasteiger partial charge in [-0.2, -0.15) is 0 Å². The van der Waals surface area contributed by atoms with E-state index in [0.29, 0.717) is 21.2 Å². The molecule has 6 rings (SSSR count). The molecule has 0 radical (unpaired) electrons. The molecule has 38 heavy (non-hydrogen) atoms. The number of anilines is 1. The van der Waals surface area contributed by atoms with Crippen molar-refractivity contribution in [2.75, 3.05) is 4.90 Å². The summed E-state index contributed by atoms with van der Waals surface area (Å²) < 4.78 is 7.22. The highest BCUT2D eigenvalue weighted by atomic mass is 79.9. The van der Waals surface area contributed by atoms with E-state index in [1.807, 2.05) is 66.7 Å². The van der Waals surface area contributed by atoms with Crippen LogP contribution < -0.4 is 4.90 Å². The van der Waals surface area contributed by atoms with Crippen molar-refractivity contribution in [2.24, 2.45) is 0 Å². The lowest BCUT2D eigenvalue weighted by atomic mass is 9.95. The number of amides is 1. The zero-order valence-corrected chi connectivity index (χ0v) is 22.8. The average molecular weight is 605 g/mol. The third kappa shape index (κ3) is 4.55. The predicted octanol–water partition coefficient (Wildman–Crippen LogP) is 7.12. The van der Waals surface area contributed by atoms with Crippen LogP contribution in [-0.2, 0) is 10.5 Å². The second-order valence-corrected chi connectivity index (χ2v) is 11.6. The Morgan fingerprint density at radius 1 is 1.03 bits per heavy atom. The van der Waals surface area contributed by atoms with E-state index in [9.17, 15) is 14.7 Å². The number of thioether (sulfide) groups is 1. The minimum Gasteiger partial charge on any atom is -0.503 e. The Morgan fingerprint density at radius 3 is 2.61 bits per heavy atom. The molecule has 1 N–H and O–H groups in total. The maximum Gasteiger partial charge on any atom is 0.296 e. The lowest BCUT2D eigenvalue weighted by Gasteiger charge is -2.24. The lowest BCUT2D eigenvalue weighted by Crippen LogP contribution is -2.31. The standard InChI is InChI=1S/C28H18BrN3O4S2/c29-19-11-6-10-18(13-19)23-22(24(33)21-14-17-9-4-5-12-20(17)36-21)25(34)26(35)32(23)27-30-31-28(38-27)37-15-16-7-2-1-3-8-16/h1-14,23,34H,15H2/t23-/m0/s1. The van der Waals surface area contributed by atoms with Gasteiger partial charge in [0.2, 0.25) is 10.9 Å². The van der Waals surface area contributed by atoms with E-state index in [0.717, 1.165) is 15.4 Å². The van der Waals surface area contributed by atoms with Gasteiger partial charge in [-0.25, -0.2) is 0 Å². The second kappa shape index (κ2) is 10.2. The molecule has 1 atom stereocenters. The van der Waals surface area contributed by atoms with E-state index in [-0.39, 0.29) is 16.5 Å². The van der Waals surface area contributed by atoms with Gasteiger partial charge < -0.3 is 9.52 Å². The first kappa shape index (κ1) is 24.6. The summed E-state index contributed by atoms with van der Waals surface area (Å²) in [6, 6.07) is 25.2. The summed E-state index contributed by atoms with van der Waals surface area (Å²) in [5, 5.41) is 20.6. The summed E-state index contributed by atoms with van der Waals surface area (Å²) in [6.07, 6.45) is 0. The zero-order chi connectivity index (χ0) is 26.2. The number of fused-ring (bicyclic) bond motifs is 1. The van der Waals surface area contributed by atoms with Crippen molar-refractivity contribution in [2.45, 2.75) is 16.1 Å². The minimum absolute atomic E-state index is 0.0405. The third-order valence-electron chi connectivity index (χ3n) is 6.07. The van der Waals surface area contributed by atoms with Crippen molar-refractivity contribution in [1.82, 2.24) is 10.2 Å². The zero-order valence-electron chi connectivity index (χ0n) is 19.6. The molecule has 1 amide bonds. The van der Waals surface area contributed by atoms with Gasteiger partial charge in [0.05, 0.1) is 11.6 Å². The van der Waals surface area contributed by atoms with Gasteiger partial charge >= 0.3 is 0 Å². The van der Waals surface area contributed by atoms with Crippen LogP contribution in [0.5, 0.6) is 0 Å². The number of para-hydroxylation sites is 1. The number of aromatic nitrogens is 2. The summed E-state index contributed by atoms with van der Waals surface area (Å²) in [4.78, 5) is 28.5. The fourth-order valence-electron chi connectivity index (χ4n) is 4.33. The van der Waals surface area contributed by atoms with Gasteiger partial charge in [-0.3, -0.25) is 14.5 Å². The largest absolute Gasteiger partial charge is 0.503 e. The molecule has 0 unspecified atom stereocenters. The highest BCUT2D eigenvalue weighted by Gasteiger charge is 2.46. The Balaban J connectivity index is 1.38. The Hall–Kier alpha value is -3.73. The minimum atomic E-state index is -0.916. The van der Waals surface area contributed by atoms with Crippen LogP contribution in [0.3, 0.4) is 0 Å². The molecule has 0 fully saturated rings. The van der Waals surface area contributed by atoms with E-state index in [1.54, 1.807) is 18.2 Å². The van der Waals surface area contributed by atoms with Crippen molar-refractivity contribution in [1.29, 1.82) is 0 Å². The number of hydrogen-bond donors (Lipinski definition) is 1. The summed E-state index contributed by atoms with van der Waals surface area (Å²) in [6.45, 7) is 0. The van der Waals surface area contributed by atoms with Crippen LogP contribution in [0.1, 0.15) is 27.7 Å². The first-order valence-electron chi connectivity index (χ1n) is 11.6. The van der Waals surface area contributed by atoms with E-state index in [1.165, 1.54) is 28.0 Å². The molecular formula is C28H18BrN3O4S2. The van der Waals surface area contributed by atoms with Crippen LogP contribution in [0.15, 0.2) is 109 Å². The molecule has 1 aliphatic heterocycles. The monoisotopic (exact) mass is 603 g/mol. The molecule has 5 aromatic rings. The van der Waals surface area contributed by atoms with Crippen molar-refractivity contribution < 1.29 is 19.1 Å². The predicted molar refractivity (Wildman–Crippen MR) is 150 cm³/mol. The Morgan fingerprint density at radius 2 is 1.82 bits per heavy atom. The SMILES string of the molecule is O=C(C1=C(O)C(=O)N(c2nnc(SCc3ccccc3)s2)[C@H]1c1cccc(Br)c1)c1cc2ccccc2o1. The van der Waals surface area contributed by atoms with Gasteiger partial charge in [-0.15, -0.1) is 10.2 Å². The molecule has 0 saturated heterocycles. The number of aliphatic hydroxyl groups excluding tert-OH is 1. The van der Waals surface area contributed by atoms with E-state index in [4.69, 9.17) is 4.42 Å². The first-order chi connectivity index (χ1) is 18.5. The van der Waals surface area contributed by atoms with E-state index in [2.05, 4.69) is 26.1 Å². The highest BCUT2D eigenvalue weighted by molar-refractivity contribution is 9.10. The van der Waals surface area contributed by atoms with Crippen molar-refractivity contribution in [3.63, 3.8) is 0 Å². The molecule has 3 aromatic carbocycles. The Labute approximate surface area is 233 Å². The normalized spacial score (nSPS) is 15.6. The summed E-state index contributed by atoms with van der Waals surface area (Å²) in [5.41, 5.74) is 2.24. The smallest absolute Gasteiger partial charge is 0.296 e. The van der Waals surface area contributed by atoms with Crippen molar-refractivity contribution in [3.8, 4) is 0 Å². The maximum atomic E-state index is 13.7. The van der Waals surface area contributed by atoms with Gasteiger partial charge in [-0.05, 0) is 35.4 Å². The molecule has 0 spiro atoms. The van der Waals surface area contributed by atoms with Crippen LogP contribution in [0.25, 0.3) is 11.0 Å². The van der Waals surface area contributed by atoms with Gasteiger partial charge in [0.1, 0.15) is 5.58 Å². The maximum absolute atomic E-state index is 13.7. The number of benzene rings is 3. The number of nitrogens with zero attached hydrogens (tertiary/aromatic N) is 3. The highest BCUT2D eigenvalue weighted by Crippen LogP contribution is 2.44. The van der Waals surface area contributed by atoms with Gasteiger partial charge in [-0.1, -0.05) is 99.7 Å². The molecule has 0 bridgehead atoms. The first-order valence-corrected chi connectivity index (χ1v) is 14.1. The fraction of sp³-hybridized carbons (Fsp3) is 0.0714. The van der Waals surface area contributed by atoms with Crippen LogP contribution in [0, 0.1) is 0 Å². The average Bonchev–Trinajstić information content (AvgIpc) is 3.64. The number of furan rings is 1.